The van der Waals surface area contributed by atoms with Gasteiger partial charge in [-0.3, -0.25) is 9.59 Å². The number of hydrogen-bond acceptors (Lipinski definition) is 2. The second kappa shape index (κ2) is 9.91. The average Bonchev–Trinajstić information content (AvgIpc) is 2.67. The third-order valence-electron chi connectivity index (χ3n) is 4.84. The number of carbonyl (C=O) groups excluding carboxylic acids is 2. The highest BCUT2D eigenvalue weighted by molar-refractivity contribution is 5.88. The summed E-state index contributed by atoms with van der Waals surface area (Å²) in [5, 5.41) is 2.99. The van der Waals surface area contributed by atoms with Crippen molar-refractivity contribution < 1.29 is 9.59 Å². The molecular weight excluding hydrogens is 336 g/mol. The summed E-state index contributed by atoms with van der Waals surface area (Å²) in [7, 11) is 0. The molecule has 0 radical (unpaired) electrons. The maximum absolute atomic E-state index is 13.0. The topological polar surface area (TPSA) is 49.4 Å². The molecule has 0 aliphatic heterocycles. The van der Waals surface area contributed by atoms with E-state index in [1.807, 2.05) is 75.4 Å². The largest absolute Gasteiger partial charge is 0.352 e. The average molecular weight is 367 g/mol. The first-order valence-corrected chi connectivity index (χ1v) is 9.60. The summed E-state index contributed by atoms with van der Waals surface area (Å²) in [5.41, 5.74) is 3.14. The summed E-state index contributed by atoms with van der Waals surface area (Å²) < 4.78 is 0. The molecule has 0 spiro atoms. The minimum atomic E-state index is -0.531. The Kier molecular flexibility index (Phi) is 7.59. The van der Waals surface area contributed by atoms with Crippen molar-refractivity contribution in [3.8, 4) is 0 Å². The van der Waals surface area contributed by atoms with E-state index in [1.165, 1.54) is 5.56 Å². The molecule has 0 heterocycles. The third-order valence-corrected chi connectivity index (χ3v) is 4.84. The van der Waals surface area contributed by atoms with Gasteiger partial charge in [-0.25, -0.2) is 0 Å². The van der Waals surface area contributed by atoms with Crippen LogP contribution in [0.1, 0.15) is 43.9 Å². The Morgan fingerprint density at radius 2 is 1.59 bits per heavy atom. The van der Waals surface area contributed by atoms with Crippen LogP contribution in [0.15, 0.2) is 54.6 Å². The first-order valence-electron chi connectivity index (χ1n) is 9.60. The van der Waals surface area contributed by atoms with Gasteiger partial charge in [0.05, 0.1) is 6.42 Å². The molecular formula is C23H30N2O2. The van der Waals surface area contributed by atoms with Crippen LogP contribution in [0.3, 0.4) is 0 Å². The van der Waals surface area contributed by atoms with Crippen LogP contribution in [0.2, 0.25) is 0 Å². The molecule has 27 heavy (non-hydrogen) atoms. The van der Waals surface area contributed by atoms with Crippen molar-refractivity contribution in [2.75, 3.05) is 0 Å². The van der Waals surface area contributed by atoms with Crippen LogP contribution >= 0.6 is 0 Å². The third kappa shape index (κ3) is 6.24. The lowest BCUT2D eigenvalue weighted by molar-refractivity contribution is -0.140. The van der Waals surface area contributed by atoms with Gasteiger partial charge < -0.3 is 10.2 Å². The molecule has 0 saturated carbocycles. The predicted molar refractivity (Wildman–Crippen MR) is 109 cm³/mol. The molecule has 0 aromatic heterocycles. The number of rotatable bonds is 8. The van der Waals surface area contributed by atoms with Gasteiger partial charge in [-0.15, -0.1) is 0 Å². The van der Waals surface area contributed by atoms with Gasteiger partial charge in [-0.05, 0) is 38.3 Å². The van der Waals surface area contributed by atoms with Gasteiger partial charge >= 0.3 is 0 Å². The molecule has 2 amide bonds. The maximum Gasteiger partial charge on any atom is 0.242 e. The minimum absolute atomic E-state index is 0.0476. The van der Waals surface area contributed by atoms with Crippen LogP contribution in [-0.2, 0) is 22.6 Å². The van der Waals surface area contributed by atoms with Crippen molar-refractivity contribution in [3.05, 3.63) is 71.3 Å². The fourth-order valence-corrected chi connectivity index (χ4v) is 2.81. The minimum Gasteiger partial charge on any atom is -0.352 e. The Bertz CT molecular complexity index is 741. The summed E-state index contributed by atoms with van der Waals surface area (Å²) in [5.74, 6) is -0.161. The quantitative estimate of drug-likeness (QED) is 0.771. The van der Waals surface area contributed by atoms with E-state index in [1.54, 1.807) is 11.8 Å². The van der Waals surface area contributed by atoms with Gasteiger partial charge in [-0.2, -0.15) is 0 Å². The van der Waals surface area contributed by atoms with E-state index in [-0.39, 0.29) is 24.3 Å². The van der Waals surface area contributed by atoms with Crippen molar-refractivity contribution in [3.63, 3.8) is 0 Å². The zero-order valence-corrected chi connectivity index (χ0v) is 16.7. The van der Waals surface area contributed by atoms with E-state index < -0.39 is 6.04 Å². The van der Waals surface area contributed by atoms with Gasteiger partial charge in [0.2, 0.25) is 11.8 Å². The fourth-order valence-electron chi connectivity index (χ4n) is 2.81. The molecule has 0 fully saturated rings. The Morgan fingerprint density at radius 1 is 0.963 bits per heavy atom. The number of hydrogen-bond donors (Lipinski definition) is 1. The summed E-state index contributed by atoms with van der Waals surface area (Å²) in [6, 6.07) is 17.3. The molecule has 0 aliphatic carbocycles. The molecule has 0 bridgehead atoms. The van der Waals surface area contributed by atoms with Crippen molar-refractivity contribution in [2.24, 2.45) is 0 Å². The van der Waals surface area contributed by atoms with Crippen molar-refractivity contribution in [1.29, 1.82) is 0 Å². The summed E-state index contributed by atoms with van der Waals surface area (Å²) in [6.07, 6.45) is 1.14. The molecule has 2 aromatic carbocycles. The van der Waals surface area contributed by atoms with E-state index in [0.717, 1.165) is 17.5 Å². The van der Waals surface area contributed by atoms with E-state index in [9.17, 15) is 9.59 Å². The van der Waals surface area contributed by atoms with E-state index in [2.05, 4.69) is 5.32 Å². The Labute approximate surface area is 162 Å². The molecule has 2 rings (SSSR count). The lowest BCUT2D eigenvalue weighted by atomic mass is 10.1. The first-order chi connectivity index (χ1) is 12.9. The lowest BCUT2D eigenvalue weighted by Gasteiger charge is -2.30. The molecule has 1 N–H and O–H groups in total. The fraction of sp³-hybridized carbons (Fsp3) is 0.391. The highest BCUT2D eigenvalue weighted by Gasteiger charge is 2.26. The Morgan fingerprint density at radius 3 is 2.19 bits per heavy atom. The maximum atomic E-state index is 13.0. The number of amides is 2. The van der Waals surface area contributed by atoms with E-state index in [0.29, 0.717) is 6.54 Å². The van der Waals surface area contributed by atoms with Gasteiger partial charge in [0.15, 0.2) is 0 Å². The standard InChI is InChI=1S/C23H30N2O2/c1-5-18(3)24-23(27)19(4)25(16-21-13-11-17(2)12-14-21)22(26)15-20-9-7-6-8-10-20/h6-14,18-19H,5,15-16H2,1-4H3,(H,24,27)/t18-,19+/m1/s1. The number of nitrogens with zero attached hydrogens (tertiary/aromatic N) is 1. The zero-order valence-electron chi connectivity index (χ0n) is 16.7. The van der Waals surface area contributed by atoms with Crippen molar-refractivity contribution in [2.45, 2.75) is 59.2 Å². The van der Waals surface area contributed by atoms with Crippen LogP contribution in [-0.4, -0.2) is 28.8 Å². The number of aryl methyl sites for hydroxylation is 1. The SMILES string of the molecule is CC[C@@H](C)NC(=O)[C@H](C)N(Cc1ccc(C)cc1)C(=O)Cc1ccccc1. The van der Waals surface area contributed by atoms with Crippen molar-refractivity contribution in [1.82, 2.24) is 10.2 Å². The summed E-state index contributed by atoms with van der Waals surface area (Å²) in [4.78, 5) is 27.4. The monoisotopic (exact) mass is 366 g/mol. The molecule has 0 unspecified atom stereocenters. The van der Waals surface area contributed by atoms with Gasteiger partial charge in [-0.1, -0.05) is 67.1 Å². The number of benzene rings is 2. The summed E-state index contributed by atoms with van der Waals surface area (Å²) >= 11 is 0. The van der Waals surface area contributed by atoms with Gasteiger partial charge in [0, 0.05) is 12.6 Å². The highest BCUT2D eigenvalue weighted by atomic mass is 16.2. The molecule has 4 heteroatoms. The van der Waals surface area contributed by atoms with Gasteiger partial charge in [0.1, 0.15) is 6.04 Å². The molecule has 0 aliphatic rings. The van der Waals surface area contributed by atoms with Crippen molar-refractivity contribution >= 4 is 11.8 Å². The molecule has 2 atom stereocenters. The van der Waals surface area contributed by atoms with Crippen LogP contribution < -0.4 is 5.32 Å². The second-order valence-corrected chi connectivity index (χ2v) is 7.16. The van der Waals surface area contributed by atoms with Crippen LogP contribution in [0.5, 0.6) is 0 Å². The molecule has 0 saturated heterocycles. The van der Waals surface area contributed by atoms with E-state index >= 15 is 0 Å². The lowest BCUT2D eigenvalue weighted by Crippen LogP contribution is -2.49. The second-order valence-electron chi connectivity index (χ2n) is 7.16. The normalized spacial score (nSPS) is 12.9. The zero-order chi connectivity index (χ0) is 19.8. The molecule has 4 nitrogen and oxygen atoms in total. The molecule has 2 aromatic rings. The van der Waals surface area contributed by atoms with E-state index in [4.69, 9.17) is 0 Å². The van der Waals surface area contributed by atoms with Crippen LogP contribution in [0, 0.1) is 6.92 Å². The van der Waals surface area contributed by atoms with Crippen LogP contribution in [0.4, 0.5) is 0 Å². The Hall–Kier alpha value is -2.62. The smallest absolute Gasteiger partial charge is 0.242 e. The Balaban J connectivity index is 2.19. The number of carbonyl (C=O) groups is 2. The highest BCUT2D eigenvalue weighted by Crippen LogP contribution is 2.13. The van der Waals surface area contributed by atoms with Gasteiger partial charge in [0.25, 0.3) is 0 Å². The molecule has 144 valence electrons. The van der Waals surface area contributed by atoms with Crippen LogP contribution in [0.25, 0.3) is 0 Å². The number of nitrogens with one attached hydrogen (secondary N) is 1. The predicted octanol–water partition coefficient (Wildman–Crippen LogP) is 3.87. The first kappa shape index (κ1) is 20.7. The summed E-state index contributed by atoms with van der Waals surface area (Å²) in [6.45, 7) is 8.25.